The van der Waals surface area contributed by atoms with Gasteiger partial charge in [0.25, 0.3) is 0 Å². The maximum absolute atomic E-state index is 11.8. The van der Waals surface area contributed by atoms with Crippen molar-refractivity contribution in [1.29, 1.82) is 0 Å². The molecule has 0 spiro atoms. The summed E-state index contributed by atoms with van der Waals surface area (Å²) in [6.07, 6.45) is 0.693. The molecule has 2 rings (SSSR count). The topological polar surface area (TPSA) is 58.6 Å². The third kappa shape index (κ3) is 3.59. The Morgan fingerprint density at radius 3 is 2.85 bits per heavy atom. The summed E-state index contributed by atoms with van der Waals surface area (Å²) in [5.41, 5.74) is 1.08. The van der Waals surface area contributed by atoms with Crippen LogP contribution in [0.5, 0.6) is 0 Å². The van der Waals surface area contributed by atoms with E-state index in [0.29, 0.717) is 6.61 Å². The molecule has 1 saturated heterocycles. The van der Waals surface area contributed by atoms with Gasteiger partial charge >= 0.3 is 5.97 Å². The first-order valence-electron chi connectivity index (χ1n) is 6.97. The number of benzene rings is 1. The summed E-state index contributed by atoms with van der Waals surface area (Å²) >= 11 is 3.41. The first-order valence-corrected chi connectivity index (χ1v) is 7.76. The van der Waals surface area contributed by atoms with Crippen LogP contribution >= 0.6 is 15.9 Å². The number of ether oxygens (including phenoxy) is 1. The molecule has 2 N–H and O–H groups in total. The lowest BCUT2D eigenvalue weighted by molar-refractivity contribution is -0.157. The van der Waals surface area contributed by atoms with Crippen molar-refractivity contribution in [3.8, 4) is 0 Å². The smallest absolute Gasteiger partial charge is 0.335 e. The van der Waals surface area contributed by atoms with Gasteiger partial charge in [-0.2, -0.15) is 0 Å². The maximum Gasteiger partial charge on any atom is 0.335 e. The number of halogens is 1. The molecule has 4 nitrogen and oxygen atoms in total. The molecule has 0 saturated carbocycles. The fourth-order valence-electron chi connectivity index (χ4n) is 2.69. The van der Waals surface area contributed by atoms with Gasteiger partial charge in [-0.25, -0.2) is 4.79 Å². The molecular formula is C15H20BrNO3. The zero-order valence-electron chi connectivity index (χ0n) is 11.5. The van der Waals surface area contributed by atoms with Crippen LogP contribution in [-0.4, -0.2) is 30.3 Å². The van der Waals surface area contributed by atoms with Gasteiger partial charge in [0.05, 0.1) is 6.61 Å². The monoisotopic (exact) mass is 341 g/mol. The standard InChI is InChI=1S/C15H20BrNO3/c1-2-20-15(19)14(18)12-4-3-9-17-13(12)10-5-7-11(16)8-6-10/h5-8,12-14,17-18H,2-4,9H2,1H3/t12-,13-,14+/m0/s1. The third-order valence-electron chi connectivity index (χ3n) is 3.67. The minimum atomic E-state index is -1.07. The SMILES string of the molecule is CCOC(=O)[C@H](O)[C@H]1CCCN[C@H]1c1ccc(Br)cc1. The van der Waals surface area contributed by atoms with E-state index in [1.807, 2.05) is 24.3 Å². The number of carbonyl (C=O) groups excluding carboxylic acids is 1. The fraction of sp³-hybridized carbons (Fsp3) is 0.533. The number of rotatable bonds is 4. The van der Waals surface area contributed by atoms with E-state index in [-0.39, 0.29) is 12.0 Å². The Kier molecular flexibility index (Phi) is 5.57. The fourth-order valence-corrected chi connectivity index (χ4v) is 2.96. The van der Waals surface area contributed by atoms with Gasteiger partial charge in [-0.15, -0.1) is 0 Å². The van der Waals surface area contributed by atoms with E-state index in [4.69, 9.17) is 4.74 Å². The molecular weight excluding hydrogens is 322 g/mol. The molecule has 0 aromatic heterocycles. The van der Waals surface area contributed by atoms with Crippen molar-refractivity contribution in [3.63, 3.8) is 0 Å². The molecule has 3 atom stereocenters. The largest absolute Gasteiger partial charge is 0.464 e. The molecule has 20 heavy (non-hydrogen) atoms. The summed E-state index contributed by atoms with van der Waals surface area (Å²) in [5, 5.41) is 13.6. The highest BCUT2D eigenvalue weighted by molar-refractivity contribution is 9.10. The average Bonchev–Trinajstić information content (AvgIpc) is 2.47. The minimum absolute atomic E-state index is 0.0174. The molecule has 1 aliphatic rings. The predicted octanol–water partition coefficient (Wildman–Crippen LogP) is 2.41. The van der Waals surface area contributed by atoms with Crippen LogP contribution in [-0.2, 0) is 9.53 Å². The Morgan fingerprint density at radius 1 is 1.50 bits per heavy atom. The summed E-state index contributed by atoms with van der Waals surface area (Å²) in [7, 11) is 0. The van der Waals surface area contributed by atoms with Gasteiger partial charge in [-0.05, 0) is 44.0 Å². The average molecular weight is 342 g/mol. The van der Waals surface area contributed by atoms with E-state index < -0.39 is 12.1 Å². The molecule has 0 amide bonds. The molecule has 110 valence electrons. The highest BCUT2D eigenvalue weighted by Crippen LogP contribution is 2.32. The number of aliphatic hydroxyl groups is 1. The third-order valence-corrected chi connectivity index (χ3v) is 4.20. The molecule has 1 fully saturated rings. The van der Waals surface area contributed by atoms with Crippen LogP contribution in [0.1, 0.15) is 31.4 Å². The molecule has 1 aromatic rings. The van der Waals surface area contributed by atoms with Crippen molar-refractivity contribution < 1.29 is 14.6 Å². The minimum Gasteiger partial charge on any atom is -0.464 e. The second-order valence-corrected chi connectivity index (χ2v) is 5.90. The Balaban J connectivity index is 2.16. The Hall–Kier alpha value is -0.910. The van der Waals surface area contributed by atoms with Crippen molar-refractivity contribution in [2.45, 2.75) is 31.9 Å². The molecule has 5 heteroatoms. The number of hydrogen-bond donors (Lipinski definition) is 2. The van der Waals surface area contributed by atoms with Crippen LogP contribution < -0.4 is 5.32 Å². The molecule has 0 radical (unpaired) electrons. The zero-order chi connectivity index (χ0) is 14.5. The predicted molar refractivity (Wildman–Crippen MR) is 80.2 cm³/mol. The quantitative estimate of drug-likeness (QED) is 0.825. The van der Waals surface area contributed by atoms with Gasteiger partial charge in [-0.1, -0.05) is 28.1 Å². The number of nitrogens with one attached hydrogen (secondary N) is 1. The van der Waals surface area contributed by atoms with E-state index in [0.717, 1.165) is 29.4 Å². The van der Waals surface area contributed by atoms with Crippen LogP contribution in [0.15, 0.2) is 28.7 Å². The number of aliphatic hydroxyl groups excluding tert-OH is 1. The Morgan fingerprint density at radius 2 is 2.20 bits per heavy atom. The van der Waals surface area contributed by atoms with Crippen molar-refractivity contribution in [2.75, 3.05) is 13.2 Å². The van der Waals surface area contributed by atoms with E-state index >= 15 is 0 Å². The lowest BCUT2D eigenvalue weighted by atomic mass is 9.82. The Bertz CT molecular complexity index is 449. The summed E-state index contributed by atoms with van der Waals surface area (Å²) in [6.45, 7) is 2.93. The maximum atomic E-state index is 11.8. The van der Waals surface area contributed by atoms with Crippen LogP contribution in [0.3, 0.4) is 0 Å². The van der Waals surface area contributed by atoms with E-state index in [9.17, 15) is 9.90 Å². The van der Waals surface area contributed by atoms with Crippen LogP contribution in [0.4, 0.5) is 0 Å². The number of carbonyl (C=O) groups is 1. The van der Waals surface area contributed by atoms with Crippen molar-refractivity contribution in [1.82, 2.24) is 5.32 Å². The van der Waals surface area contributed by atoms with Gasteiger partial charge < -0.3 is 15.2 Å². The molecule has 1 heterocycles. The summed E-state index contributed by atoms with van der Waals surface area (Å²) in [5.74, 6) is -0.674. The summed E-state index contributed by atoms with van der Waals surface area (Å²) < 4.78 is 5.95. The van der Waals surface area contributed by atoms with E-state index in [1.54, 1.807) is 6.92 Å². The van der Waals surface area contributed by atoms with Gasteiger partial charge in [0.1, 0.15) is 0 Å². The number of esters is 1. The van der Waals surface area contributed by atoms with E-state index in [2.05, 4.69) is 21.2 Å². The summed E-state index contributed by atoms with van der Waals surface area (Å²) in [4.78, 5) is 11.8. The van der Waals surface area contributed by atoms with Gasteiger partial charge in [-0.3, -0.25) is 0 Å². The van der Waals surface area contributed by atoms with Gasteiger partial charge in [0.15, 0.2) is 6.10 Å². The molecule has 1 aliphatic heterocycles. The first-order chi connectivity index (χ1) is 9.63. The molecule has 1 aromatic carbocycles. The zero-order valence-corrected chi connectivity index (χ0v) is 13.1. The van der Waals surface area contributed by atoms with Crippen LogP contribution in [0.25, 0.3) is 0 Å². The molecule has 0 unspecified atom stereocenters. The Labute approximate surface area is 127 Å². The van der Waals surface area contributed by atoms with Crippen LogP contribution in [0.2, 0.25) is 0 Å². The highest BCUT2D eigenvalue weighted by atomic mass is 79.9. The molecule has 0 bridgehead atoms. The van der Waals surface area contributed by atoms with Gasteiger partial charge in [0, 0.05) is 16.4 Å². The normalized spacial score (nSPS) is 24.1. The lowest BCUT2D eigenvalue weighted by Crippen LogP contribution is -2.43. The molecule has 0 aliphatic carbocycles. The second kappa shape index (κ2) is 7.20. The number of hydrogen-bond acceptors (Lipinski definition) is 4. The second-order valence-electron chi connectivity index (χ2n) is 4.99. The van der Waals surface area contributed by atoms with Crippen molar-refractivity contribution >= 4 is 21.9 Å². The summed E-state index contributed by atoms with van der Waals surface area (Å²) in [6, 6.07) is 7.95. The van der Waals surface area contributed by atoms with Crippen LogP contribution in [0, 0.1) is 5.92 Å². The number of piperidine rings is 1. The van der Waals surface area contributed by atoms with Crippen molar-refractivity contribution in [3.05, 3.63) is 34.3 Å². The van der Waals surface area contributed by atoms with Gasteiger partial charge in [0.2, 0.25) is 0 Å². The van der Waals surface area contributed by atoms with E-state index in [1.165, 1.54) is 0 Å². The lowest BCUT2D eigenvalue weighted by Gasteiger charge is -2.35. The first kappa shape index (κ1) is 15.5. The van der Waals surface area contributed by atoms with Crippen molar-refractivity contribution in [2.24, 2.45) is 5.92 Å². The highest BCUT2D eigenvalue weighted by Gasteiger charge is 2.36.